The summed E-state index contributed by atoms with van der Waals surface area (Å²) in [7, 11) is 0. The highest BCUT2D eigenvalue weighted by Gasteiger charge is 2.37. The molecule has 2 aliphatic rings. The summed E-state index contributed by atoms with van der Waals surface area (Å²) in [5.74, 6) is 0.459. The summed E-state index contributed by atoms with van der Waals surface area (Å²) >= 11 is 0. The lowest BCUT2D eigenvalue weighted by Crippen LogP contribution is -2.49. The van der Waals surface area contributed by atoms with Gasteiger partial charge in [0.1, 0.15) is 5.75 Å². The van der Waals surface area contributed by atoms with Crippen molar-refractivity contribution in [3.05, 3.63) is 65.2 Å². The predicted octanol–water partition coefficient (Wildman–Crippen LogP) is 3.75. The molecule has 0 radical (unpaired) electrons. The molecule has 0 saturated carbocycles. The third kappa shape index (κ3) is 5.28. The lowest BCUT2D eigenvalue weighted by atomic mass is 9.79. The van der Waals surface area contributed by atoms with Crippen molar-refractivity contribution >= 4 is 24.1 Å². The molecule has 4 rings (SSSR count). The number of nitrogens with zero attached hydrogens (tertiary/aromatic N) is 1. The number of phenols is 1. The number of nitrogens with two attached hydrogens (primary N) is 1. The number of halogens is 1. The number of amides is 1. The molecule has 1 unspecified atom stereocenters. The maximum absolute atomic E-state index is 13.2. The number of hydrogen-bond acceptors (Lipinski definition) is 4. The van der Waals surface area contributed by atoms with Gasteiger partial charge in [-0.05, 0) is 73.3 Å². The van der Waals surface area contributed by atoms with Crippen molar-refractivity contribution in [2.45, 2.75) is 62.9 Å². The molecule has 1 saturated heterocycles. The van der Waals surface area contributed by atoms with E-state index in [9.17, 15) is 14.7 Å². The zero-order valence-electron chi connectivity index (χ0n) is 17.7. The molecule has 1 heterocycles. The maximum atomic E-state index is 13.2. The Morgan fingerprint density at radius 2 is 1.81 bits per heavy atom. The van der Waals surface area contributed by atoms with Crippen molar-refractivity contribution in [2.24, 2.45) is 5.73 Å². The van der Waals surface area contributed by atoms with E-state index in [2.05, 4.69) is 24.3 Å². The van der Waals surface area contributed by atoms with Crippen molar-refractivity contribution in [3.8, 4) is 5.75 Å². The van der Waals surface area contributed by atoms with Gasteiger partial charge in [0.15, 0.2) is 5.78 Å². The largest absolute Gasteiger partial charge is 0.508 e. The minimum Gasteiger partial charge on any atom is -0.508 e. The van der Waals surface area contributed by atoms with Crippen LogP contribution >= 0.6 is 12.4 Å². The van der Waals surface area contributed by atoms with Crippen LogP contribution in [0, 0.1) is 0 Å². The number of aromatic hydroxyl groups is 1. The number of likely N-dealkylation sites (tertiary alicyclic amines) is 1. The van der Waals surface area contributed by atoms with E-state index in [4.69, 9.17) is 5.73 Å². The second kappa shape index (κ2) is 10.3. The van der Waals surface area contributed by atoms with E-state index in [1.807, 2.05) is 0 Å². The number of rotatable bonds is 6. The molecule has 1 aliphatic carbocycles. The van der Waals surface area contributed by atoms with E-state index in [-0.39, 0.29) is 41.8 Å². The first kappa shape index (κ1) is 23.3. The van der Waals surface area contributed by atoms with Crippen LogP contribution in [0.15, 0.2) is 48.5 Å². The summed E-state index contributed by atoms with van der Waals surface area (Å²) < 4.78 is 0. The van der Waals surface area contributed by atoms with Gasteiger partial charge in [-0.1, -0.05) is 36.4 Å². The summed E-state index contributed by atoms with van der Waals surface area (Å²) in [6, 6.07) is 14.1. The second-order valence-electron chi connectivity index (χ2n) is 8.63. The van der Waals surface area contributed by atoms with Gasteiger partial charge in [-0.3, -0.25) is 9.59 Å². The molecule has 0 spiro atoms. The smallest absolute Gasteiger partial charge is 0.240 e. The van der Waals surface area contributed by atoms with E-state index in [1.54, 1.807) is 29.2 Å². The van der Waals surface area contributed by atoms with Gasteiger partial charge in [0.25, 0.3) is 0 Å². The van der Waals surface area contributed by atoms with Gasteiger partial charge in [-0.2, -0.15) is 0 Å². The monoisotopic (exact) mass is 442 g/mol. The van der Waals surface area contributed by atoms with Crippen LogP contribution in [0.25, 0.3) is 0 Å². The molecule has 3 N–H and O–H groups in total. The highest BCUT2D eigenvalue weighted by Crippen LogP contribution is 2.35. The SMILES string of the molecule is Cl.N[C@@H](Cc1ccc(O)cc1)C(=O)N1CCCC1C(=O)C[C@@H]1CCCc2ccccc21. The first-order valence-corrected chi connectivity index (χ1v) is 11.0. The van der Waals surface area contributed by atoms with Crippen molar-refractivity contribution in [3.63, 3.8) is 0 Å². The molecule has 166 valence electrons. The topological polar surface area (TPSA) is 83.6 Å². The minimum absolute atomic E-state index is 0. The Kier molecular flexibility index (Phi) is 7.74. The zero-order valence-corrected chi connectivity index (χ0v) is 18.5. The Labute approximate surface area is 190 Å². The summed E-state index contributed by atoms with van der Waals surface area (Å²) in [6.07, 6.45) is 5.69. The Hall–Kier alpha value is -2.37. The van der Waals surface area contributed by atoms with Crippen LogP contribution in [0.4, 0.5) is 0 Å². The number of carbonyl (C=O) groups excluding carboxylic acids is 2. The number of aryl methyl sites for hydroxylation is 1. The molecule has 2 aromatic carbocycles. The molecular weight excluding hydrogens is 412 g/mol. The lowest BCUT2D eigenvalue weighted by molar-refractivity contribution is -0.138. The lowest BCUT2D eigenvalue weighted by Gasteiger charge is -2.29. The van der Waals surface area contributed by atoms with Gasteiger partial charge in [0, 0.05) is 13.0 Å². The van der Waals surface area contributed by atoms with E-state index in [0.717, 1.165) is 37.7 Å². The number of carbonyl (C=O) groups is 2. The van der Waals surface area contributed by atoms with E-state index < -0.39 is 6.04 Å². The first-order chi connectivity index (χ1) is 14.5. The average Bonchev–Trinajstić information content (AvgIpc) is 3.25. The molecule has 0 bridgehead atoms. The van der Waals surface area contributed by atoms with Gasteiger partial charge in [-0.25, -0.2) is 0 Å². The number of fused-ring (bicyclic) bond motifs is 1. The van der Waals surface area contributed by atoms with Crippen LogP contribution in [-0.2, 0) is 22.4 Å². The molecule has 6 heteroatoms. The van der Waals surface area contributed by atoms with Gasteiger partial charge in [0.05, 0.1) is 12.1 Å². The number of phenolic OH excluding ortho intramolecular Hbond substituents is 1. The molecule has 5 nitrogen and oxygen atoms in total. The molecule has 1 fully saturated rings. The fraction of sp³-hybridized carbons (Fsp3) is 0.440. The molecule has 0 aromatic heterocycles. The fourth-order valence-corrected chi connectivity index (χ4v) is 5.00. The third-order valence-corrected chi connectivity index (χ3v) is 6.56. The Bertz CT molecular complexity index is 915. The normalized spacial score (nSPS) is 21.1. The van der Waals surface area contributed by atoms with E-state index in [0.29, 0.717) is 19.4 Å². The van der Waals surface area contributed by atoms with Crippen LogP contribution in [0.2, 0.25) is 0 Å². The Morgan fingerprint density at radius 3 is 2.58 bits per heavy atom. The fourth-order valence-electron chi connectivity index (χ4n) is 5.00. The second-order valence-corrected chi connectivity index (χ2v) is 8.63. The highest BCUT2D eigenvalue weighted by atomic mass is 35.5. The van der Waals surface area contributed by atoms with E-state index in [1.165, 1.54) is 11.1 Å². The summed E-state index contributed by atoms with van der Waals surface area (Å²) in [4.78, 5) is 27.9. The van der Waals surface area contributed by atoms with Crippen LogP contribution < -0.4 is 5.73 Å². The van der Waals surface area contributed by atoms with Gasteiger partial charge >= 0.3 is 0 Å². The number of Topliss-reactive ketones (excluding diaryl/α,β-unsaturated/α-hetero) is 1. The third-order valence-electron chi connectivity index (χ3n) is 6.56. The minimum atomic E-state index is -0.682. The van der Waals surface area contributed by atoms with Crippen molar-refractivity contribution in [2.75, 3.05) is 6.54 Å². The summed E-state index contributed by atoms with van der Waals surface area (Å²) in [6.45, 7) is 0.597. The maximum Gasteiger partial charge on any atom is 0.240 e. The van der Waals surface area contributed by atoms with E-state index >= 15 is 0 Å². The molecule has 1 aliphatic heterocycles. The van der Waals surface area contributed by atoms with Crippen LogP contribution in [0.5, 0.6) is 5.75 Å². The van der Waals surface area contributed by atoms with Crippen LogP contribution in [-0.4, -0.2) is 40.3 Å². The first-order valence-electron chi connectivity index (χ1n) is 11.0. The molecular formula is C25H31ClN2O3. The number of hydrogen-bond donors (Lipinski definition) is 2. The standard InChI is InChI=1S/C25H30N2O3.ClH/c26-22(15-17-10-12-20(28)13-11-17)25(30)27-14-4-9-23(27)24(29)16-19-7-3-6-18-5-1-2-8-21(18)19;/h1-2,5,8,10-13,19,22-23,28H,3-4,6-7,9,14-16,26H2;1H/t19-,22-,23?;/m0./s1. The molecule has 3 atom stereocenters. The quantitative estimate of drug-likeness (QED) is 0.713. The highest BCUT2D eigenvalue weighted by molar-refractivity contribution is 5.92. The van der Waals surface area contributed by atoms with Crippen molar-refractivity contribution in [1.29, 1.82) is 0 Å². The Balaban J connectivity index is 0.00000272. The molecule has 2 aromatic rings. The van der Waals surface area contributed by atoms with Crippen LogP contribution in [0.3, 0.4) is 0 Å². The van der Waals surface area contributed by atoms with Gasteiger partial charge in [-0.15, -0.1) is 12.4 Å². The van der Waals surface area contributed by atoms with Gasteiger partial charge < -0.3 is 15.7 Å². The van der Waals surface area contributed by atoms with Crippen molar-refractivity contribution in [1.82, 2.24) is 4.90 Å². The van der Waals surface area contributed by atoms with Crippen molar-refractivity contribution < 1.29 is 14.7 Å². The number of ketones is 1. The average molecular weight is 443 g/mol. The Morgan fingerprint density at radius 1 is 1.06 bits per heavy atom. The molecule has 1 amide bonds. The summed E-state index contributed by atoms with van der Waals surface area (Å²) in [5.41, 5.74) is 9.77. The number of benzene rings is 2. The molecule has 31 heavy (non-hydrogen) atoms. The zero-order chi connectivity index (χ0) is 21.1. The summed E-state index contributed by atoms with van der Waals surface area (Å²) in [5, 5.41) is 9.42. The van der Waals surface area contributed by atoms with Crippen LogP contribution in [0.1, 0.15) is 54.7 Å². The predicted molar refractivity (Wildman–Crippen MR) is 124 cm³/mol. The van der Waals surface area contributed by atoms with Gasteiger partial charge in [0.2, 0.25) is 5.91 Å².